The minimum absolute atomic E-state index is 0.0585. The summed E-state index contributed by atoms with van der Waals surface area (Å²) in [6.07, 6.45) is 1.15. The summed E-state index contributed by atoms with van der Waals surface area (Å²) in [6.45, 7) is -0.116. The third-order valence-corrected chi connectivity index (χ3v) is 5.02. The number of nitrogens with zero attached hydrogens (tertiary/aromatic N) is 2. The maximum absolute atomic E-state index is 13.9. The summed E-state index contributed by atoms with van der Waals surface area (Å²) in [5, 5.41) is 13.5. The lowest BCUT2D eigenvalue weighted by atomic mass is 10.2. The Morgan fingerprint density at radius 3 is 2.42 bits per heavy atom. The lowest BCUT2D eigenvalue weighted by molar-refractivity contribution is 0.0995. The van der Waals surface area contributed by atoms with Crippen LogP contribution in [-0.4, -0.2) is 30.8 Å². The lowest BCUT2D eigenvalue weighted by Gasteiger charge is -2.12. The van der Waals surface area contributed by atoms with Crippen LogP contribution < -0.4 is 16.4 Å². The van der Waals surface area contributed by atoms with Crippen LogP contribution in [0.5, 0.6) is 0 Å². The highest BCUT2D eigenvalue weighted by molar-refractivity contribution is 7.89. The van der Waals surface area contributed by atoms with Gasteiger partial charge in [-0.15, -0.1) is 10.2 Å². The summed E-state index contributed by atoms with van der Waals surface area (Å²) in [7, 11) is -3.15. The maximum atomic E-state index is 13.9. The molecule has 1 amide bonds. The van der Waals surface area contributed by atoms with E-state index in [0.29, 0.717) is 11.3 Å². The number of nitrogens with one attached hydrogen (secondary N) is 2. The fourth-order valence-electron chi connectivity index (χ4n) is 2.77. The van der Waals surface area contributed by atoms with Gasteiger partial charge in [-0.3, -0.25) is 4.79 Å². The van der Waals surface area contributed by atoms with Gasteiger partial charge in [-0.1, -0.05) is 12.1 Å². The number of benzene rings is 2. The quantitative estimate of drug-likeness (QED) is 0.485. The summed E-state index contributed by atoms with van der Waals surface area (Å²) in [4.78, 5) is 11.7. The van der Waals surface area contributed by atoms with E-state index in [9.17, 15) is 22.0 Å². The van der Waals surface area contributed by atoms with E-state index in [2.05, 4.69) is 20.8 Å². The average Bonchev–Trinajstić information content (AvgIpc) is 2.69. The van der Waals surface area contributed by atoms with Crippen molar-refractivity contribution in [2.75, 3.05) is 16.9 Å². The Balaban J connectivity index is 1.79. The predicted molar refractivity (Wildman–Crippen MR) is 113 cm³/mol. The van der Waals surface area contributed by atoms with Gasteiger partial charge in [0.25, 0.3) is 5.91 Å². The number of carbonyl (C=O) groups is 1. The first kappa shape index (κ1) is 22.1. The molecule has 0 unspecified atom stereocenters. The van der Waals surface area contributed by atoms with Crippen molar-refractivity contribution in [3.63, 3.8) is 0 Å². The zero-order valence-electron chi connectivity index (χ0n) is 16.4. The Morgan fingerprint density at radius 2 is 1.77 bits per heavy atom. The van der Waals surface area contributed by atoms with Gasteiger partial charge in [0.1, 0.15) is 11.6 Å². The molecule has 4 N–H and O–H groups in total. The number of primary amides is 1. The van der Waals surface area contributed by atoms with Crippen LogP contribution in [0.4, 0.5) is 26.0 Å². The second-order valence-electron chi connectivity index (χ2n) is 6.84. The summed E-state index contributed by atoms with van der Waals surface area (Å²) in [5.41, 5.74) is 6.63. The van der Waals surface area contributed by atoms with E-state index in [1.54, 1.807) is 24.3 Å². The number of aromatic nitrogens is 2. The van der Waals surface area contributed by atoms with Gasteiger partial charge in [0.05, 0.1) is 11.4 Å². The summed E-state index contributed by atoms with van der Waals surface area (Å²) in [6, 6.07) is 11.1. The van der Waals surface area contributed by atoms with E-state index >= 15 is 0 Å². The monoisotopic (exact) mass is 447 g/mol. The molecule has 0 aliphatic heterocycles. The van der Waals surface area contributed by atoms with Crippen LogP contribution in [0.25, 0.3) is 0 Å². The molecule has 3 rings (SSSR count). The summed E-state index contributed by atoms with van der Waals surface area (Å²) < 4.78 is 50.0. The van der Waals surface area contributed by atoms with Crippen molar-refractivity contribution in [2.24, 2.45) is 5.73 Å². The summed E-state index contributed by atoms with van der Waals surface area (Å²) in [5.74, 6) is -1.87. The molecule has 162 valence electrons. The zero-order chi connectivity index (χ0) is 22.6. The molecule has 0 saturated heterocycles. The standard InChI is InChI=1S/C20H19F2N5O3S/c1-31(29,30)11-12-2-5-15(6-3-12)25-18-9-17(19(20(23)28)27-26-18)24-10-13-8-14(21)4-7-16(13)22/h2-9H,10-11H2,1H3,(H2,23,28)(H2,24,25,26). The number of carbonyl (C=O) groups excluding carboxylic acids is 1. The second kappa shape index (κ2) is 9.04. The largest absolute Gasteiger partial charge is 0.379 e. The van der Waals surface area contributed by atoms with Crippen molar-refractivity contribution >= 4 is 32.9 Å². The Bertz CT molecular complexity index is 1220. The van der Waals surface area contributed by atoms with Gasteiger partial charge >= 0.3 is 0 Å². The van der Waals surface area contributed by atoms with Gasteiger partial charge in [0.15, 0.2) is 21.3 Å². The van der Waals surface area contributed by atoms with Crippen LogP contribution in [0.3, 0.4) is 0 Å². The fraction of sp³-hybridized carbons (Fsp3) is 0.150. The fourth-order valence-corrected chi connectivity index (χ4v) is 3.57. The van der Waals surface area contributed by atoms with Crippen molar-refractivity contribution < 1.29 is 22.0 Å². The molecule has 0 radical (unpaired) electrons. The van der Waals surface area contributed by atoms with E-state index in [1.807, 2.05) is 0 Å². The SMILES string of the molecule is CS(=O)(=O)Cc1ccc(Nc2cc(NCc3cc(F)ccc3F)c(C(N)=O)nn2)cc1. The minimum atomic E-state index is -3.15. The third kappa shape index (κ3) is 6.19. The molecule has 1 heterocycles. The molecule has 3 aromatic rings. The third-order valence-electron chi connectivity index (χ3n) is 4.16. The molecule has 0 spiro atoms. The number of sulfone groups is 1. The van der Waals surface area contributed by atoms with Crippen molar-refractivity contribution in [1.82, 2.24) is 10.2 Å². The number of nitrogens with two attached hydrogens (primary N) is 1. The Morgan fingerprint density at radius 1 is 1.06 bits per heavy atom. The molecular formula is C20H19F2N5O3S. The molecule has 0 bridgehead atoms. The summed E-state index contributed by atoms with van der Waals surface area (Å²) >= 11 is 0. The first-order valence-electron chi connectivity index (χ1n) is 9.00. The topological polar surface area (TPSA) is 127 Å². The number of hydrogen-bond donors (Lipinski definition) is 3. The van der Waals surface area contributed by atoms with Crippen molar-refractivity contribution in [2.45, 2.75) is 12.3 Å². The molecule has 0 saturated carbocycles. The van der Waals surface area contributed by atoms with Gasteiger partial charge in [0.2, 0.25) is 0 Å². The Kier molecular flexibility index (Phi) is 6.44. The van der Waals surface area contributed by atoms with Gasteiger partial charge in [-0.25, -0.2) is 17.2 Å². The number of anilines is 3. The molecule has 0 aliphatic rings. The molecule has 11 heteroatoms. The number of halogens is 2. The molecule has 1 aromatic heterocycles. The van der Waals surface area contributed by atoms with Gasteiger partial charge in [0, 0.05) is 30.1 Å². The smallest absolute Gasteiger partial charge is 0.271 e. The van der Waals surface area contributed by atoms with E-state index in [4.69, 9.17) is 5.73 Å². The van der Waals surface area contributed by atoms with Crippen molar-refractivity contribution in [1.29, 1.82) is 0 Å². The van der Waals surface area contributed by atoms with E-state index < -0.39 is 27.4 Å². The molecule has 0 fully saturated rings. The minimum Gasteiger partial charge on any atom is -0.379 e. The molecule has 8 nitrogen and oxygen atoms in total. The molecule has 0 aliphatic carbocycles. The number of amides is 1. The van der Waals surface area contributed by atoms with E-state index in [1.165, 1.54) is 6.07 Å². The van der Waals surface area contributed by atoms with Crippen molar-refractivity contribution in [3.05, 3.63) is 77.0 Å². The van der Waals surface area contributed by atoms with Gasteiger partial charge in [-0.05, 0) is 35.9 Å². The number of hydrogen-bond acceptors (Lipinski definition) is 7. The first-order valence-corrected chi connectivity index (χ1v) is 11.1. The Labute approximate surface area is 177 Å². The second-order valence-corrected chi connectivity index (χ2v) is 8.98. The normalized spacial score (nSPS) is 11.2. The van der Waals surface area contributed by atoms with Crippen LogP contribution >= 0.6 is 0 Å². The predicted octanol–water partition coefficient (Wildman–Crippen LogP) is 2.75. The van der Waals surface area contributed by atoms with Crippen LogP contribution in [-0.2, 0) is 22.1 Å². The van der Waals surface area contributed by atoms with Crippen molar-refractivity contribution in [3.8, 4) is 0 Å². The molecule has 2 aromatic carbocycles. The zero-order valence-corrected chi connectivity index (χ0v) is 17.2. The molecule has 31 heavy (non-hydrogen) atoms. The molecule has 0 atom stereocenters. The number of rotatable bonds is 8. The van der Waals surface area contributed by atoms with Gasteiger partial charge < -0.3 is 16.4 Å². The van der Waals surface area contributed by atoms with E-state index in [-0.39, 0.29) is 35.1 Å². The maximum Gasteiger partial charge on any atom is 0.271 e. The first-order chi connectivity index (χ1) is 14.6. The lowest BCUT2D eigenvalue weighted by Crippen LogP contribution is -2.18. The highest BCUT2D eigenvalue weighted by atomic mass is 32.2. The highest BCUT2D eigenvalue weighted by Gasteiger charge is 2.14. The highest BCUT2D eigenvalue weighted by Crippen LogP contribution is 2.22. The van der Waals surface area contributed by atoms with E-state index in [0.717, 1.165) is 24.5 Å². The van der Waals surface area contributed by atoms with Crippen LogP contribution in [0.1, 0.15) is 21.6 Å². The average molecular weight is 447 g/mol. The molecular weight excluding hydrogens is 428 g/mol. The van der Waals surface area contributed by atoms with Gasteiger partial charge in [-0.2, -0.15) is 0 Å². The van der Waals surface area contributed by atoms with Crippen LogP contribution in [0.15, 0.2) is 48.5 Å². The van der Waals surface area contributed by atoms with Crippen LogP contribution in [0, 0.1) is 11.6 Å². The van der Waals surface area contributed by atoms with Crippen LogP contribution in [0.2, 0.25) is 0 Å². The Hall–Kier alpha value is -3.60.